The summed E-state index contributed by atoms with van der Waals surface area (Å²) in [5.41, 5.74) is 5.40. The number of aromatic nitrogens is 4. The minimum absolute atomic E-state index is 0.119. The number of amides is 4. The third-order valence-electron chi connectivity index (χ3n) is 11.9. The van der Waals surface area contributed by atoms with E-state index in [9.17, 15) is 19.2 Å². The van der Waals surface area contributed by atoms with Gasteiger partial charge in [-0.25, -0.2) is 19.6 Å². The molecule has 0 spiro atoms. The van der Waals surface area contributed by atoms with Crippen LogP contribution in [0.15, 0.2) is 66.9 Å². The molecule has 2 saturated heterocycles. The molecule has 2 aliphatic rings. The van der Waals surface area contributed by atoms with Gasteiger partial charge >= 0.3 is 12.2 Å². The minimum Gasteiger partial charge on any atom is -0.453 e. The number of methoxy groups -OCH3 is 2. The summed E-state index contributed by atoms with van der Waals surface area (Å²) in [6.07, 6.45) is 2.00. The molecule has 4 N–H and O–H groups in total. The van der Waals surface area contributed by atoms with Crippen LogP contribution in [0.1, 0.15) is 78.1 Å². The van der Waals surface area contributed by atoms with Gasteiger partial charge in [0.25, 0.3) is 0 Å². The van der Waals surface area contributed by atoms with E-state index in [1.54, 1.807) is 4.90 Å². The molecule has 5 aromatic rings. The van der Waals surface area contributed by atoms with Gasteiger partial charge in [0.2, 0.25) is 11.8 Å². The SMILES string of the molecule is COC(=O)NC(C(=O)N1C[C@@H](C)C[C@H]1c1ncc(-c2ccc(-c3ccc4cc(-c5nc([C@@H]6C[C@H](C)CN6C(=O)[C@@H](NC(=O)OC)C(C)C)[nH]c5Cl)ccc4c3)cc2)[nH]1)C(C)C. The molecule has 1 unspecified atom stereocenters. The highest BCUT2D eigenvalue weighted by Gasteiger charge is 2.42. The van der Waals surface area contributed by atoms with Gasteiger partial charge in [0.1, 0.15) is 34.6 Å². The van der Waals surface area contributed by atoms with Crippen molar-refractivity contribution in [1.29, 1.82) is 0 Å². The predicted molar refractivity (Wildman–Crippen MR) is 234 cm³/mol. The first-order valence-electron chi connectivity index (χ1n) is 20.9. The topological polar surface area (TPSA) is 175 Å². The van der Waals surface area contributed by atoms with E-state index in [0.29, 0.717) is 42.0 Å². The van der Waals surface area contributed by atoms with Gasteiger partial charge < -0.3 is 39.9 Å². The Balaban J connectivity index is 1.06. The number of rotatable bonds is 11. The number of nitrogens with zero attached hydrogens (tertiary/aromatic N) is 4. The lowest BCUT2D eigenvalue weighted by molar-refractivity contribution is -0.136. The zero-order valence-corrected chi connectivity index (χ0v) is 36.7. The van der Waals surface area contributed by atoms with Crippen molar-refractivity contribution >= 4 is 46.4 Å². The zero-order valence-electron chi connectivity index (χ0n) is 35.9. The Kier molecular flexibility index (Phi) is 12.7. The molecule has 0 aliphatic carbocycles. The maximum atomic E-state index is 13.8. The lowest BCUT2D eigenvalue weighted by Crippen LogP contribution is -2.51. The number of likely N-dealkylation sites (tertiary alicyclic amines) is 2. The van der Waals surface area contributed by atoms with Crippen LogP contribution in [0.25, 0.3) is 44.4 Å². The molecule has 3 aromatic carbocycles. The maximum absolute atomic E-state index is 13.8. The zero-order chi connectivity index (χ0) is 43.7. The van der Waals surface area contributed by atoms with Crippen molar-refractivity contribution in [2.45, 2.75) is 78.6 Å². The largest absolute Gasteiger partial charge is 0.453 e. The Labute approximate surface area is 361 Å². The van der Waals surface area contributed by atoms with Crippen LogP contribution in [0.4, 0.5) is 9.59 Å². The summed E-state index contributed by atoms with van der Waals surface area (Å²) in [5.74, 6) is 1.24. The number of benzene rings is 3. The number of carbonyl (C=O) groups excluding carboxylic acids is 4. The number of halogens is 1. The molecule has 6 atom stereocenters. The number of alkyl carbamates (subject to hydrolysis) is 2. The van der Waals surface area contributed by atoms with Crippen LogP contribution in [-0.4, -0.2) is 93.1 Å². The number of aromatic amines is 2. The standard InChI is InChI=1S/C46H55ClN8O6/c1-24(2)37(51-45(58)60-7)43(56)54-22-26(5)17-35(54)41-48-21-34(49-41)29-11-9-28(10-12-29)30-13-14-32-20-33(16-15-31(32)19-30)39-40(47)53-42(50-39)36-18-27(6)23-55(36)44(57)38(25(3)4)52-46(59)61-8/h9-16,19-21,24-27,35-38H,17-18,22-23H2,1-8H3,(H,48,49)(H,50,53)(H,51,58)(H,52,59)/t26-,27-,35-,36-,37?,38-/m0/s1. The molecule has 0 bridgehead atoms. The summed E-state index contributed by atoms with van der Waals surface area (Å²) in [4.78, 5) is 71.6. The van der Waals surface area contributed by atoms with Gasteiger partial charge in [0, 0.05) is 18.7 Å². The van der Waals surface area contributed by atoms with E-state index < -0.39 is 24.3 Å². The van der Waals surface area contributed by atoms with E-state index >= 15 is 0 Å². The first-order valence-corrected chi connectivity index (χ1v) is 21.3. The molecule has 4 amide bonds. The third-order valence-corrected chi connectivity index (χ3v) is 12.2. The average molecular weight is 851 g/mol. The van der Waals surface area contributed by atoms with Crippen LogP contribution in [0.2, 0.25) is 5.15 Å². The number of fused-ring (bicyclic) bond motifs is 1. The Morgan fingerprint density at radius 1 is 0.689 bits per heavy atom. The highest BCUT2D eigenvalue weighted by molar-refractivity contribution is 6.32. The lowest BCUT2D eigenvalue weighted by atomic mass is 9.98. The quantitative estimate of drug-likeness (QED) is 0.102. The molecule has 2 fully saturated rings. The first-order chi connectivity index (χ1) is 29.1. The van der Waals surface area contributed by atoms with Crippen molar-refractivity contribution in [2.75, 3.05) is 27.3 Å². The van der Waals surface area contributed by atoms with Gasteiger partial charge in [0.15, 0.2) is 0 Å². The van der Waals surface area contributed by atoms with Gasteiger partial charge in [-0.2, -0.15) is 0 Å². The molecule has 2 aromatic heterocycles. The van der Waals surface area contributed by atoms with Crippen LogP contribution >= 0.6 is 11.6 Å². The second-order valence-electron chi connectivity index (χ2n) is 17.2. The second kappa shape index (κ2) is 18.0. The van der Waals surface area contributed by atoms with E-state index in [1.807, 2.05) is 44.9 Å². The second-order valence-corrected chi connectivity index (χ2v) is 17.6. The summed E-state index contributed by atoms with van der Waals surface area (Å²) in [5, 5.41) is 7.89. The van der Waals surface area contributed by atoms with Gasteiger partial charge in [-0.1, -0.05) is 102 Å². The molecular weight excluding hydrogens is 796 g/mol. The number of hydrogen-bond donors (Lipinski definition) is 4. The first kappa shape index (κ1) is 43.2. The number of H-pyrrole nitrogens is 2. The molecule has 0 radical (unpaired) electrons. The number of ether oxygens (including phenoxy) is 2. The van der Waals surface area contributed by atoms with E-state index in [2.05, 4.69) is 89.0 Å². The molecule has 61 heavy (non-hydrogen) atoms. The fourth-order valence-corrected chi connectivity index (χ4v) is 8.89. The van der Waals surface area contributed by atoms with Gasteiger partial charge in [0.05, 0.1) is 38.2 Å². The van der Waals surface area contributed by atoms with E-state index in [4.69, 9.17) is 31.0 Å². The van der Waals surface area contributed by atoms with Crippen molar-refractivity contribution in [2.24, 2.45) is 23.7 Å². The fourth-order valence-electron chi connectivity index (χ4n) is 8.64. The fraction of sp³-hybridized carbons (Fsp3) is 0.435. The number of imidazole rings is 2. The van der Waals surface area contributed by atoms with Crippen molar-refractivity contribution in [1.82, 2.24) is 40.4 Å². The summed E-state index contributed by atoms with van der Waals surface area (Å²) in [6.45, 7) is 12.9. The molecule has 322 valence electrons. The van der Waals surface area contributed by atoms with Crippen molar-refractivity contribution < 1.29 is 28.7 Å². The number of carbonyl (C=O) groups is 4. The van der Waals surface area contributed by atoms with E-state index in [-0.39, 0.29) is 47.6 Å². The molecule has 2 aliphatic heterocycles. The highest BCUT2D eigenvalue weighted by atomic mass is 35.5. The average Bonchev–Trinajstić information content (AvgIpc) is 4.06. The van der Waals surface area contributed by atoms with Crippen LogP contribution in [0.3, 0.4) is 0 Å². The van der Waals surface area contributed by atoms with Crippen LogP contribution in [-0.2, 0) is 19.1 Å². The molecule has 4 heterocycles. The maximum Gasteiger partial charge on any atom is 0.407 e. The Morgan fingerprint density at radius 3 is 1.69 bits per heavy atom. The smallest absolute Gasteiger partial charge is 0.407 e. The Bertz CT molecular complexity index is 2410. The summed E-state index contributed by atoms with van der Waals surface area (Å²) in [6, 6.07) is 18.8. The molecule has 0 saturated carbocycles. The highest BCUT2D eigenvalue weighted by Crippen LogP contribution is 2.39. The van der Waals surface area contributed by atoms with Crippen LogP contribution in [0.5, 0.6) is 0 Å². The van der Waals surface area contributed by atoms with E-state index in [1.165, 1.54) is 14.2 Å². The summed E-state index contributed by atoms with van der Waals surface area (Å²) < 4.78 is 9.57. The number of nitrogens with one attached hydrogen (secondary N) is 4. The third kappa shape index (κ3) is 9.09. The monoisotopic (exact) mass is 850 g/mol. The van der Waals surface area contributed by atoms with Crippen molar-refractivity contribution in [3.05, 3.63) is 83.7 Å². The Hall–Kier alpha value is -5.89. The summed E-state index contributed by atoms with van der Waals surface area (Å²) in [7, 11) is 2.57. The van der Waals surface area contributed by atoms with Crippen molar-refractivity contribution in [3.8, 4) is 33.6 Å². The predicted octanol–water partition coefficient (Wildman–Crippen LogP) is 8.52. The van der Waals surface area contributed by atoms with E-state index in [0.717, 1.165) is 45.1 Å². The van der Waals surface area contributed by atoms with Crippen LogP contribution < -0.4 is 10.6 Å². The molecule has 7 rings (SSSR count). The van der Waals surface area contributed by atoms with Crippen molar-refractivity contribution in [3.63, 3.8) is 0 Å². The normalized spacial score (nSPS) is 20.0. The van der Waals surface area contributed by atoms with Gasteiger partial charge in [-0.3, -0.25) is 9.59 Å². The molecular formula is C46H55ClN8O6. The number of hydrogen-bond acceptors (Lipinski definition) is 8. The minimum atomic E-state index is -0.737. The Morgan fingerprint density at radius 2 is 1.16 bits per heavy atom. The van der Waals surface area contributed by atoms with Crippen LogP contribution in [0, 0.1) is 23.7 Å². The lowest BCUT2D eigenvalue weighted by Gasteiger charge is -2.30. The molecule has 14 nitrogen and oxygen atoms in total. The molecule has 15 heteroatoms. The van der Waals surface area contributed by atoms with Gasteiger partial charge in [-0.05, 0) is 76.1 Å². The van der Waals surface area contributed by atoms with Gasteiger partial charge in [-0.15, -0.1) is 0 Å². The summed E-state index contributed by atoms with van der Waals surface area (Å²) >= 11 is 6.80.